The number of aryl methyl sites for hydroxylation is 1. The predicted molar refractivity (Wildman–Crippen MR) is 90.8 cm³/mol. The number of hydrogen-bond acceptors (Lipinski definition) is 3. The molecule has 3 nitrogen and oxygen atoms in total. The van der Waals surface area contributed by atoms with Gasteiger partial charge in [-0.3, -0.25) is 0 Å². The molecule has 0 aliphatic heterocycles. The predicted octanol–water partition coefficient (Wildman–Crippen LogP) is 5.04. The van der Waals surface area contributed by atoms with Crippen molar-refractivity contribution in [3.8, 4) is 11.5 Å². The molecule has 21 heavy (non-hydrogen) atoms. The highest BCUT2D eigenvalue weighted by Crippen LogP contribution is 2.33. The molecular weight excluding hydrogens is 354 g/mol. The van der Waals surface area contributed by atoms with Crippen LogP contribution in [0, 0.1) is 6.92 Å². The van der Waals surface area contributed by atoms with E-state index in [1.165, 1.54) is 0 Å². The van der Waals surface area contributed by atoms with Crippen molar-refractivity contribution in [2.45, 2.75) is 13.5 Å². The van der Waals surface area contributed by atoms with Crippen molar-refractivity contribution >= 4 is 33.2 Å². The van der Waals surface area contributed by atoms with Crippen LogP contribution in [-0.4, -0.2) is 14.2 Å². The van der Waals surface area contributed by atoms with Crippen LogP contribution in [-0.2, 0) is 6.54 Å². The lowest BCUT2D eigenvalue weighted by atomic mass is 10.1. The molecule has 0 fully saturated rings. The van der Waals surface area contributed by atoms with E-state index in [4.69, 9.17) is 21.1 Å². The van der Waals surface area contributed by atoms with Gasteiger partial charge in [0, 0.05) is 21.7 Å². The van der Waals surface area contributed by atoms with Crippen molar-refractivity contribution in [1.82, 2.24) is 0 Å². The van der Waals surface area contributed by atoms with Gasteiger partial charge in [0.15, 0.2) is 11.5 Å². The van der Waals surface area contributed by atoms with Crippen molar-refractivity contribution in [2.75, 3.05) is 19.5 Å². The van der Waals surface area contributed by atoms with E-state index in [1.54, 1.807) is 14.2 Å². The summed E-state index contributed by atoms with van der Waals surface area (Å²) >= 11 is 9.59. The standard InChI is InChI=1S/C16H17BrClNO2/c1-10-4-5-12(18)7-14(10)19-9-11-6-15(20-2)16(21-3)8-13(11)17/h4-8,19H,9H2,1-3H3. The smallest absolute Gasteiger partial charge is 0.161 e. The monoisotopic (exact) mass is 369 g/mol. The fraction of sp³-hybridized carbons (Fsp3) is 0.250. The first-order chi connectivity index (χ1) is 10.0. The Morgan fingerprint density at radius 2 is 1.76 bits per heavy atom. The van der Waals surface area contributed by atoms with E-state index in [2.05, 4.69) is 21.2 Å². The lowest BCUT2D eigenvalue weighted by Crippen LogP contribution is -2.03. The fourth-order valence-corrected chi connectivity index (χ4v) is 2.64. The Kier molecular flexibility index (Phi) is 5.37. The van der Waals surface area contributed by atoms with Gasteiger partial charge in [-0.05, 0) is 42.3 Å². The molecule has 0 heterocycles. The maximum Gasteiger partial charge on any atom is 0.161 e. The van der Waals surface area contributed by atoms with E-state index >= 15 is 0 Å². The quantitative estimate of drug-likeness (QED) is 0.800. The van der Waals surface area contributed by atoms with Gasteiger partial charge >= 0.3 is 0 Å². The molecule has 0 spiro atoms. The number of anilines is 1. The van der Waals surface area contributed by atoms with E-state index in [-0.39, 0.29) is 0 Å². The van der Waals surface area contributed by atoms with E-state index in [0.717, 1.165) is 26.3 Å². The van der Waals surface area contributed by atoms with Crippen LogP contribution in [0.2, 0.25) is 5.02 Å². The minimum absolute atomic E-state index is 0.655. The molecule has 0 aromatic heterocycles. The Labute approximate surface area is 138 Å². The topological polar surface area (TPSA) is 30.5 Å². The van der Waals surface area contributed by atoms with Crippen LogP contribution < -0.4 is 14.8 Å². The zero-order chi connectivity index (χ0) is 15.4. The second-order valence-corrected chi connectivity index (χ2v) is 5.90. The van der Waals surface area contributed by atoms with Crippen molar-refractivity contribution in [3.63, 3.8) is 0 Å². The summed E-state index contributed by atoms with van der Waals surface area (Å²) in [7, 11) is 3.25. The Hall–Kier alpha value is -1.39. The lowest BCUT2D eigenvalue weighted by Gasteiger charge is -2.14. The summed E-state index contributed by atoms with van der Waals surface area (Å²) in [6.45, 7) is 2.70. The maximum absolute atomic E-state index is 6.03. The molecule has 112 valence electrons. The molecule has 2 aromatic rings. The molecule has 0 atom stereocenters. The van der Waals surface area contributed by atoms with Crippen LogP contribution in [0.4, 0.5) is 5.69 Å². The Morgan fingerprint density at radius 3 is 2.43 bits per heavy atom. The molecule has 2 rings (SSSR count). The molecule has 0 bridgehead atoms. The normalized spacial score (nSPS) is 10.3. The number of halogens is 2. The Morgan fingerprint density at radius 1 is 1.10 bits per heavy atom. The first kappa shape index (κ1) is 16.0. The third-order valence-electron chi connectivity index (χ3n) is 3.22. The number of rotatable bonds is 5. The third-order valence-corrected chi connectivity index (χ3v) is 4.19. The summed E-state index contributed by atoms with van der Waals surface area (Å²) < 4.78 is 11.6. The van der Waals surface area contributed by atoms with E-state index in [0.29, 0.717) is 18.0 Å². The van der Waals surface area contributed by atoms with E-state index in [1.807, 2.05) is 37.3 Å². The SMILES string of the molecule is COc1cc(Br)c(CNc2cc(Cl)ccc2C)cc1OC. The van der Waals surface area contributed by atoms with Gasteiger partial charge in [-0.1, -0.05) is 33.6 Å². The van der Waals surface area contributed by atoms with Crippen molar-refractivity contribution in [2.24, 2.45) is 0 Å². The van der Waals surface area contributed by atoms with Crippen molar-refractivity contribution in [1.29, 1.82) is 0 Å². The highest BCUT2D eigenvalue weighted by Gasteiger charge is 2.10. The zero-order valence-corrected chi connectivity index (χ0v) is 14.5. The molecule has 0 aliphatic carbocycles. The molecule has 2 aromatic carbocycles. The van der Waals surface area contributed by atoms with Crippen LogP contribution >= 0.6 is 27.5 Å². The Balaban J connectivity index is 2.21. The van der Waals surface area contributed by atoms with Crippen LogP contribution in [0.3, 0.4) is 0 Å². The molecule has 5 heteroatoms. The molecule has 0 aliphatic rings. The maximum atomic E-state index is 6.03. The summed E-state index contributed by atoms with van der Waals surface area (Å²) in [6.07, 6.45) is 0. The molecule has 1 N–H and O–H groups in total. The van der Waals surface area contributed by atoms with Gasteiger partial charge in [-0.25, -0.2) is 0 Å². The number of nitrogens with one attached hydrogen (secondary N) is 1. The summed E-state index contributed by atoms with van der Waals surface area (Å²) in [5.74, 6) is 1.41. The van der Waals surface area contributed by atoms with Crippen LogP contribution in [0.25, 0.3) is 0 Å². The van der Waals surface area contributed by atoms with Crippen LogP contribution in [0.5, 0.6) is 11.5 Å². The molecule has 0 saturated heterocycles. The van der Waals surface area contributed by atoms with Gasteiger partial charge in [0.05, 0.1) is 14.2 Å². The number of methoxy groups -OCH3 is 2. The summed E-state index contributed by atoms with van der Waals surface area (Å²) in [6, 6.07) is 9.66. The first-order valence-electron chi connectivity index (χ1n) is 6.45. The highest BCUT2D eigenvalue weighted by atomic mass is 79.9. The molecule has 0 unspecified atom stereocenters. The minimum Gasteiger partial charge on any atom is -0.493 e. The van der Waals surface area contributed by atoms with Gasteiger partial charge < -0.3 is 14.8 Å². The Bertz CT molecular complexity index is 646. The average Bonchev–Trinajstić information content (AvgIpc) is 2.48. The average molecular weight is 371 g/mol. The number of benzene rings is 2. The third kappa shape index (κ3) is 3.83. The fourth-order valence-electron chi connectivity index (χ4n) is 2.01. The van der Waals surface area contributed by atoms with Gasteiger partial charge in [0.25, 0.3) is 0 Å². The molecule has 0 amide bonds. The van der Waals surface area contributed by atoms with Gasteiger partial charge in [0.1, 0.15) is 0 Å². The molecule has 0 radical (unpaired) electrons. The number of hydrogen-bond donors (Lipinski definition) is 1. The molecule has 0 saturated carbocycles. The highest BCUT2D eigenvalue weighted by molar-refractivity contribution is 9.10. The van der Waals surface area contributed by atoms with E-state index in [9.17, 15) is 0 Å². The van der Waals surface area contributed by atoms with Crippen molar-refractivity contribution in [3.05, 3.63) is 51.0 Å². The summed E-state index contributed by atoms with van der Waals surface area (Å²) in [4.78, 5) is 0. The van der Waals surface area contributed by atoms with Crippen LogP contribution in [0.15, 0.2) is 34.8 Å². The zero-order valence-electron chi connectivity index (χ0n) is 12.2. The number of ether oxygens (including phenoxy) is 2. The second kappa shape index (κ2) is 7.05. The van der Waals surface area contributed by atoms with E-state index < -0.39 is 0 Å². The van der Waals surface area contributed by atoms with Crippen molar-refractivity contribution < 1.29 is 9.47 Å². The largest absolute Gasteiger partial charge is 0.493 e. The van der Waals surface area contributed by atoms with Crippen LogP contribution in [0.1, 0.15) is 11.1 Å². The first-order valence-corrected chi connectivity index (χ1v) is 7.62. The lowest BCUT2D eigenvalue weighted by molar-refractivity contribution is 0.354. The summed E-state index contributed by atoms with van der Waals surface area (Å²) in [5.41, 5.74) is 3.24. The summed E-state index contributed by atoms with van der Waals surface area (Å²) in [5, 5.41) is 4.11. The minimum atomic E-state index is 0.655. The van der Waals surface area contributed by atoms with Gasteiger partial charge in [-0.15, -0.1) is 0 Å². The van der Waals surface area contributed by atoms with Gasteiger partial charge in [-0.2, -0.15) is 0 Å². The van der Waals surface area contributed by atoms with Gasteiger partial charge in [0.2, 0.25) is 0 Å². The second-order valence-electron chi connectivity index (χ2n) is 4.61. The molecular formula is C16H17BrClNO2.